The number of benzene rings is 1. The molecule has 0 aliphatic carbocycles. The number of hydrogen-bond acceptors (Lipinski definition) is 12. The van der Waals surface area contributed by atoms with Gasteiger partial charge in [0.05, 0.1) is 52.9 Å². The van der Waals surface area contributed by atoms with E-state index in [4.69, 9.17) is 33.2 Å². The minimum Gasteiger partial charge on any atom is -0.461 e. The average Bonchev–Trinajstić information content (AvgIpc) is 3.21. The van der Waals surface area contributed by atoms with Crippen LogP contribution in [0, 0.1) is 0 Å². The Morgan fingerprint density at radius 1 is 0.492 bits per heavy atom. The standard InChI is InChI=1S/C49H84N2O12/c1-48(2,3)62-46(55)27-23-18-16-14-12-10-8-7-9-11-13-15-17-22-26-43(52)50-31-33-58-35-37-60-39-38-59-36-34-57-32-30-44(53)51-42(47(56)63-49(4,5)6)28-29-45(54)61-40-41-24-20-19-21-25-41/h19-21,24-25,42H,7-18,22-23,26-40H2,1-6H3,(H,50,52)(H,51,53). The van der Waals surface area contributed by atoms with Crippen molar-refractivity contribution in [3.63, 3.8) is 0 Å². The van der Waals surface area contributed by atoms with Gasteiger partial charge in [0.25, 0.3) is 0 Å². The first kappa shape index (κ1) is 57.4. The SMILES string of the molecule is CC(C)(C)OC(=O)CCCCCCCCCCCCCCCCC(=O)NCCOCCOCCOCCOCCC(=O)NC(CCC(=O)OCc1ccccc1)C(=O)OC(C)(C)C. The van der Waals surface area contributed by atoms with Crippen LogP contribution in [0.15, 0.2) is 30.3 Å². The van der Waals surface area contributed by atoms with Crippen molar-refractivity contribution in [1.29, 1.82) is 0 Å². The average molecular weight is 893 g/mol. The summed E-state index contributed by atoms with van der Waals surface area (Å²) in [5.41, 5.74) is -0.290. The first-order valence-corrected chi connectivity index (χ1v) is 23.7. The Labute approximate surface area is 379 Å². The lowest BCUT2D eigenvalue weighted by atomic mass is 10.0. The number of esters is 3. The number of carbonyl (C=O) groups is 5. The summed E-state index contributed by atoms with van der Waals surface area (Å²) in [5.74, 6) is -1.50. The van der Waals surface area contributed by atoms with E-state index in [2.05, 4.69) is 10.6 Å². The molecule has 1 unspecified atom stereocenters. The van der Waals surface area contributed by atoms with Gasteiger partial charge in [0.15, 0.2) is 0 Å². The molecule has 0 aliphatic heterocycles. The number of hydrogen-bond donors (Lipinski definition) is 2. The molecule has 0 aliphatic rings. The molecule has 14 nitrogen and oxygen atoms in total. The zero-order valence-electron chi connectivity index (χ0n) is 39.9. The third-order valence-electron chi connectivity index (χ3n) is 9.52. The summed E-state index contributed by atoms with van der Waals surface area (Å²) >= 11 is 0. The second kappa shape index (κ2) is 36.7. The van der Waals surface area contributed by atoms with Gasteiger partial charge in [-0.1, -0.05) is 107 Å². The fourth-order valence-electron chi connectivity index (χ4n) is 6.31. The van der Waals surface area contributed by atoms with E-state index in [-0.39, 0.29) is 56.6 Å². The molecule has 0 saturated carbocycles. The molecular weight excluding hydrogens is 809 g/mol. The largest absolute Gasteiger partial charge is 0.461 e. The van der Waals surface area contributed by atoms with E-state index in [0.717, 1.165) is 31.2 Å². The van der Waals surface area contributed by atoms with Crippen LogP contribution in [0.3, 0.4) is 0 Å². The molecule has 2 amide bonds. The third-order valence-corrected chi connectivity index (χ3v) is 9.52. The van der Waals surface area contributed by atoms with Crippen LogP contribution in [-0.4, -0.2) is 106 Å². The van der Waals surface area contributed by atoms with Crippen LogP contribution in [0.2, 0.25) is 0 Å². The lowest BCUT2D eigenvalue weighted by molar-refractivity contribution is -0.159. The highest BCUT2D eigenvalue weighted by Gasteiger charge is 2.27. The minimum atomic E-state index is -0.998. The highest BCUT2D eigenvalue weighted by atomic mass is 16.6. The van der Waals surface area contributed by atoms with Crippen LogP contribution in [0.25, 0.3) is 0 Å². The predicted octanol–water partition coefficient (Wildman–Crippen LogP) is 8.49. The van der Waals surface area contributed by atoms with Crippen LogP contribution in [0.5, 0.6) is 0 Å². The lowest BCUT2D eigenvalue weighted by Gasteiger charge is -2.24. The topological polar surface area (TPSA) is 174 Å². The van der Waals surface area contributed by atoms with Gasteiger partial charge < -0.3 is 43.8 Å². The van der Waals surface area contributed by atoms with Crippen molar-refractivity contribution in [3.8, 4) is 0 Å². The zero-order chi connectivity index (χ0) is 46.4. The summed E-state index contributed by atoms with van der Waals surface area (Å²) in [6.07, 6.45) is 17.7. The molecule has 1 rings (SSSR count). The van der Waals surface area contributed by atoms with Crippen LogP contribution in [0.1, 0.15) is 169 Å². The highest BCUT2D eigenvalue weighted by Crippen LogP contribution is 2.16. The second-order valence-corrected chi connectivity index (χ2v) is 17.9. The van der Waals surface area contributed by atoms with Gasteiger partial charge in [0, 0.05) is 32.2 Å². The number of unbranched alkanes of at least 4 members (excludes halogenated alkanes) is 13. The van der Waals surface area contributed by atoms with Crippen molar-refractivity contribution in [2.45, 2.75) is 187 Å². The molecule has 1 aromatic carbocycles. The number of carbonyl (C=O) groups excluding carboxylic acids is 5. The van der Waals surface area contributed by atoms with Crippen LogP contribution < -0.4 is 10.6 Å². The summed E-state index contributed by atoms with van der Waals surface area (Å²) in [4.78, 5) is 61.5. The predicted molar refractivity (Wildman–Crippen MR) is 244 cm³/mol. The van der Waals surface area contributed by atoms with Gasteiger partial charge >= 0.3 is 17.9 Å². The van der Waals surface area contributed by atoms with Crippen molar-refractivity contribution in [2.75, 3.05) is 59.4 Å². The van der Waals surface area contributed by atoms with Crippen LogP contribution in [-0.2, 0) is 63.7 Å². The minimum absolute atomic E-state index is 0.0247. The summed E-state index contributed by atoms with van der Waals surface area (Å²) in [6.45, 7) is 14.3. The first-order valence-electron chi connectivity index (χ1n) is 23.7. The molecule has 14 heteroatoms. The maximum atomic E-state index is 12.8. The summed E-state index contributed by atoms with van der Waals surface area (Å²) < 4.78 is 38.2. The highest BCUT2D eigenvalue weighted by molar-refractivity contribution is 5.85. The molecule has 0 fully saturated rings. The molecular formula is C49H84N2O12. The van der Waals surface area contributed by atoms with Crippen molar-refractivity contribution in [1.82, 2.24) is 10.6 Å². The number of ether oxygens (including phenoxy) is 7. The molecule has 63 heavy (non-hydrogen) atoms. The van der Waals surface area contributed by atoms with Gasteiger partial charge in [-0.3, -0.25) is 19.2 Å². The molecule has 0 bridgehead atoms. The Hall–Kier alpha value is -3.59. The summed E-state index contributed by atoms with van der Waals surface area (Å²) in [7, 11) is 0. The smallest absolute Gasteiger partial charge is 0.329 e. The van der Waals surface area contributed by atoms with Crippen molar-refractivity contribution in [2.24, 2.45) is 0 Å². The van der Waals surface area contributed by atoms with Crippen LogP contribution >= 0.6 is 0 Å². The summed E-state index contributed by atoms with van der Waals surface area (Å²) in [6, 6.07) is 8.29. The van der Waals surface area contributed by atoms with Crippen molar-refractivity contribution >= 4 is 29.7 Å². The molecule has 0 aromatic heterocycles. The van der Waals surface area contributed by atoms with E-state index in [1.54, 1.807) is 20.8 Å². The molecule has 0 spiro atoms. The van der Waals surface area contributed by atoms with Crippen molar-refractivity contribution < 1.29 is 57.1 Å². The van der Waals surface area contributed by atoms with E-state index in [1.165, 1.54) is 64.2 Å². The molecule has 0 saturated heterocycles. The van der Waals surface area contributed by atoms with Gasteiger partial charge in [-0.2, -0.15) is 0 Å². The Morgan fingerprint density at radius 3 is 1.46 bits per heavy atom. The summed E-state index contributed by atoms with van der Waals surface area (Å²) in [5, 5.41) is 5.58. The van der Waals surface area contributed by atoms with E-state index in [0.29, 0.717) is 59.0 Å². The van der Waals surface area contributed by atoms with E-state index in [1.807, 2.05) is 51.1 Å². The van der Waals surface area contributed by atoms with Gasteiger partial charge in [-0.15, -0.1) is 0 Å². The Morgan fingerprint density at radius 2 is 0.952 bits per heavy atom. The van der Waals surface area contributed by atoms with E-state index < -0.39 is 29.5 Å². The fraction of sp³-hybridized carbons (Fsp3) is 0.776. The number of rotatable bonds is 39. The molecule has 1 atom stereocenters. The molecule has 1 aromatic rings. The van der Waals surface area contributed by atoms with Gasteiger partial charge in [0.2, 0.25) is 11.8 Å². The maximum absolute atomic E-state index is 12.8. The third kappa shape index (κ3) is 38.6. The second-order valence-electron chi connectivity index (χ2n) is 17.9. The molecule has 2 N–H and O–H groups in total. The zero-order valence-corrected chi connectivity index (χ0v) is 39.9. The number of amides is 2. The lowest BCUT2D eigenvalue weighted by Crippen LogP contribution is -2.44. The van der Waals surface area contributed by atoms with Gasteiger partial charge in [0.1, 0.15) is 23.9 Å². The molecule has 362 valence electrons. The first-order chi connectivity index (χ1) is 30.1. The van der Waals surface area contributed by atoms with E-state index in [9.17, 15) is 24.0 Å². The quantitative estimate of drug-likeness (QED) is 0.0367. The fourth-order valence-corrected chi connectivity index (χ4v) is 6.31. The Kier molecular flexibility index (Phi) is 33.5. The van der Waals surface area contributed by atoms with E-state index >= 15 is 0 Å². The maximum Gasteiger partial charge on any atom is 0.329 e. The molecule has 0 radical (unpaired) electrons. The van der Waals surface area contributed by atoms with Crippen molar-refractivity contribution in [3.05, 3.63) is 35.9 Å². The normalized spacial score (nSPS) is 12.1. The monoisotopic (exact) mass is 893 g/mol. The molecule has 0 heterocycles. The Balaban J connectivity index is 1.90. The number of nitrogens with one attached hydrogen (secondary N) is 2. The van der Waals surface area contributed by atoms with Crippen LogP contribution in [0.4, 0.5) is 0 Å². The van der Waals surface area contributed by atoms with Gasteiger partial charge in [-0.25, -0.2) is 4.79 Å². The van der Waals surface area contributed by atoms with Gasteiger partial charge in [-0.05, 0) is 66.4 Å². The Bertz CT molecular complexity index is 1350.